The van der Waals surface area contributed by atoms with E-state index in [2.05, 4.69) is 20.5 Å². The number of carbonyl (C=O) groups excluding carboxylic acids is 1. The van der Waals surface area contributed by atoms with E-state index < -0.39 is 0 Å². The van der Waals surface area contributed by atoms with E-state index in [1.165, 1.54) is 6.07 Å². The molecule has 19 heavy (non-hydrogen) atoms. The summed E-state index contributed by atoms with van der Waals surface area (Å²) >= 11 is 0. The molecule has 2 aromatic heterocycles. The van der Waals surface area contributed by atoms with E-state index in [1.54, 1.807) is 13.0 Å². The van der Waals surface area contributed by atoms with Crippen LogP contribution in [0.3, 0.4) is 0 Å². The van der Waals surface area contributed by atoms with Gasteiger partial charge >= 0.3 is 6.01 Å². The number of hydrogen-bond acceptors (Lipinski definition) is 6. The molecule has 0 spiro atoms. The van der Waals surface area contributed by atoms with Gasteiger partial charge in [-0.15, -0.1) is 5.10 Å². The molecule has 100 valence electrons. The fraction of sp³-hybridized carbons (Fsp3) is 0.333. The zero-order valence-corrected chi connectivity index (χ0v) is 11.0. The Morgan fingerprint density at radius 1 is 1.37 bits per heavy atom. The molecule has 0 saturated carbocycles. The number of nitrogens with one attached hydrogen (secondary N) is 1. The maximum Gasteiger partial charge on any atom is 0.322 e. The summed E-state index contributed by atoms with van der Waals surface area (Å²) < 4.78 is 5.08. The Balaban J connectivity index is 2.23. The van der Waals surface area contributed by atoms with Crippen LogP contribution in [0.25, 0.3) is 0 Å². The fourth-order valence-electron chi connectivity index (χ4n) is 1.52. The van der Waals surface area contributed by atoms with Crippen molar-refractivity contribution in [3.63, 3.8) is 0 Å². The second-order valence-electron chi connectivity index (χ2n) is 4.44. The van der Waals surface area contributed by atoms with Crippen LogP contribution in [0.1, 0.15) is 41.7 Å². The monoisotopic (exact) mass is 261 g/mol. The molecular weight excluding hydrogens is 246 g/mol. The average molecular weight is 261 g/mol. The number of aryl methyl sites for hydroxylation is 1. The van der Waals surface area contributed by atoms with Crippen molar-refractivity contribution in [1.82, 2.24) is 15.2 Å². The molecule has 0 saturated heterocycles. The summed E-state index contributed by atoms with van der Waals surface area (Å²) in [7, 11) is 0. The number of aromatic nitrogens is 3. The fourth-order valence-corrected chi connectivity index (χ4v) is 1.52. The van der Waals surface area contributed by atoms with Crippen molar-refractivity contribution in [2.24, 2.45) is 0 Å². The van der Waals surface area contributed by atoms with Gasteiger partial charge in [0.05, 0.1) is 0 Å². The van der Waals surface area contributed by atoms with Gasteiger partial charge in [0.1, 0.15) is 5.82 Å². The molecule has 0 unspecified atom stereocenters. The Kier molecular flexibility index (Phi) is 3.46. The molecule has 2 rings (SSSR count). The summed E-state index contributed by atoms with van der Waals surface area (Å²) in [5.41, 5.74) is 6.86. The molecule has 0 aliphatic heterocycles. The molecule has 0 aliphatic rings. The van der Waals surface area contributed by atoms with E-state index in [-0.39, 0.29) is 17.8 Å². The first-order valence-corrected chi connectivity index (χ1v) is 5.84. The SMILES string of the molecule is Cc1nnc(NC(=O)c2cc(N)nc(C(C)C)c2)o1. The Labute approximate surface area is 110 Å². The summed E-state index contributed by atoms with van der Waals surface area (Å²) in [5.74, 6) is 0.505. The van der Waals surface area contributed by atoms with Crippen molar-refractivity contribution >= 4 is 17.7 Å². The normalized spacial score (nSPS) is 10.7. The molecular formula is C12H15N5O2. The average Bonchev–Trinajstić information content (AvgIpc) is 2.73. The molecule has 3 N–H and O–H groups in total. The second kappa shape index (κ2) is 5.05. The largest absolute Gasteiger partial charge is 0.408 e. The van der Waals surface area contributed by atoms with Crippen LogP contribution in [0.4, 0.5) is 11.8 Å². The van der Waals surface area contributed by atoms with E-state index >= 15 is 0 Å². The van der Waals surface area contributed by atoms with Gasteiger partial charge in [-0.1, -0.05) is 18.9 Å². The predicted molar refractivity (Wildman–Crippen MR) is 69.7 cm³/mol. The van der Waals surface area contributed by atoms with Crippen molar-refractivity contribution in [2.45, 2.75) is 26.7 Å². The van der Waals surface area contributed by atoms with Crippen molar-refractivity contribution in [3.8, 4) is 0 Å². The van der Waals surface area contributed by atoms with Gasteiger partial charge in [0, 0.05) is 18.2 Å². The van der Waals surface area contributed by atoms with E-state index in [4.69, 9.17) is 10.2 Å². The standard InChI is InChI=1S/C12H15N5O2/c1-6(2)9-4-8(5-10(13)14-9)11(18)15-12-17-16-7(3)19-12/h4-6H,1-3H3,(H2,13,14)(H,15,17,18). The van der Waals surface area contributed by atoms with E-state index in [9.17, 15) is 4.79 Å². The van der Waals surface area contributed by atoms with Gasteiger partial charge in [-0.2, -0.15) is 0 Å². The Hall–Kier alpha value is -2.44. The van der Waals surface area contributed by atoms with Crippen molar-refractivity contribution in [2.75, 3.05) is 11.1 Å². The summed E-state index contributed by atoms with van der Waals surface area (Å²) in [5, 5.41) is 9.83. The summed E-state index contributed by atoms with van der Waals surface area (Å²) in [6.07, 6.45) is 0. The highest BCUT2D eigenvalue weighted by atomic mass is 16.4. The van der Waals surface area contributed by atoms with Gasteiger partial charge in [-0.25, -0.2) is 4.98 Å². The van der Waals surface area contributed by atoms with Crippen molar-refractivity contribution in [3.05, 3.63) is 29.3 Å². The third-order valence-electron chi connectivity index (χ3n) is 2.47. The van der Waals surface area contributed by atoms with Crippen LogP contribution in [0.15, 0.2) is 16.5 Å². The highest BCUT2D eigenvalue weighted by molar-refractivity contribution is 6.03. The molecule has 7 heteroatoms. The Bertz CT molecular complexity index is 606. The van der Waals surface area contributed by atoms with E-state index in [0.29, 0.717) is 17.3 Å². The minimum absolute atomic E-state index is 0.0592. The molecule has 0 atom stereocenters. The van der Waals surface area contributed by atoms with Crippen LogP contribution in [-0.2, 0) is 0 Å². The number of nitrogens with zero attached hydrogens (tertiary/aromatic N) is 3. The quantitative estimate of drug-likeness (QED) is 0.871. The number of rotatable bonds is 3. The minimum atomic E-state index is -0.361. The van der Waals surface area contributed by atoms with Crippen LogP contribution in [-0.4, -0.2) is 21.1 Å². The number of carbonyl (C=O) groups is 1. The summed E-state index contributed by atoms with van der Waals surface area (Å²) in [4.78, 5) is 16.2. The van der Waals surface area contributed by atoms with Crippen LogP contribution in [0.5, 0.6) is 0 Å². The van der Waals surface area contributed by atoms with Crippen molar-refractivity contribution in [1.29, 1.82) is 0 Å². The zero-order chi connectivity index (χ0) is 14.0. The lowest BCUT2D eigenvalue weighted by Gasteiger charge is -2.08. The van der Waals surface area contributed by atoms with Crippen LogP contribution < -0.4 is 11.1 Å². The lowest BCUT2D eigenvalue weighted by Crippen LogP contribution is -2.14. The van der Waals surface area contributed by atoms with Crippen molar-refractivity contribution < 1.29 is 9.21 Å². The number of pyridine rings is 1. The third kappa shape index (κ3) is 3.06. The van der Waals surface area contributed by atoms with Gasteiger partial charge in [0.25, 0.3) is 5.91 Å². The molecule has 0 fully saturated rings. The Morgan fingerprint density at radius 2 is 2.11 bits per heavy atom. The number of amides is 1. The molecule has 2 aromatic rings. The molecule has 0 radical (unpaired) electrons. The van der Waals surface area contributed by atoms with Crippen LogP contribution >= 0.6 is 0 Å². The van der Waals surface area contributed by atoms with E-state index in [0.717, 1.165) is 5.69 Å². The highest BCUT2D eigenvalue weighted by Gasteiger charge is 2.13. The molecule has 0 aromatic carbocycles. The zero-order valence-electron chi connectivity index (χ0n) is 11.0. The maximum absolute atomic E-state index is 12.0. The summed E-state index contributed by atoms with van der Waals surface area (Å²) in [6.45, 7) is 5.60. The first-order chi connectivity index (χ1) is 8.95. The smallest absolute Gasteiger partial charge is 0.322 e. The molecule has 0 aliphatic carbocycles. The first kappa shape index (κ1) is 13.0. The van der Waals surface area contributed by atoms with Crippen LogP contribution in [0, 0.1) is 6.92 Å². The number of anilines is 2. The van der Waals surface area contributed by atoms with Gasteiger partial charge in [0.2, 0.25) is 5.89 Å². The maximum atomic E-state index is 12.0. The van der Waals surface area contributed by atoms with Gasteiger partial charge < -0.3 is 10.2 Å². The van der Waals surface area contributed by atoms with Gasteiger partial charge in [-0.05, 0) is 18.1 Å². The van der Waals surface area contributed by atoms with Gasteiger partial charge in [0.15, 0.2) is 0 Å². The lowest BCUT2D eigenvalue weighted by atomic mass is 10.1. The third-order valence-corrected chi connectivity index (χ3v) is 2.47. The molecule has 0 bridgehead atoms. The summed E-state index contributed by atoms with van der Waals surface area (Å²) in [6, 6.07) is 3.26. The minimum Gasteiger partial charge on any atom is -0.408 e. The lowest BCUT2D eigenvalue weighted by molar-refractivity contribution is 0.102. The molecule has 7 nitrogen and oxygen atoms in total. The second-order valence-corrected chi connectivity index (χ2v) is 4.44. The number of hydrogen-bond donors (Lipinski definition) is 2. The predicted octanol–water partition coefficient (Wildman–Crippen LogP) is 1.73. The van der Waals surface area contributed by atoms with Gasteiger partial charge in [-0.3, -0.25) is 10.1 Å². The topological polar surface area (TPSA) is 107 Å². The molecule has 2 heterocycles. The number of nitrogens with two attached hydrogens (primary N) is 1. The van der Waals surface area contributed by atoms with E-state index in [1.807, 2.05) is 13.8 Å². The van der Waals surface area contributed by atoms with Crippen LogP contribution in [0.2, 0.25) is 0 Å². The number of nitrogen functional groups attached to an aromatic ring is 1. The Morgan fingerprint density at radius 3 is 2.68 bits per heavy atom. The highest BCUT2D eigenvalue weighted by Crippen LogP contribution is 2.17. The molecule has 1 amide bonds. The first-order valence-electron chi connectivity index (χ1n) is 5.84.